The number of likely N-dealkylation sites (tertiary alicyclic amines) is 1. The number of phenolic OH excluding ortho intramolecular Hbond substituents is 1. The monoisotopic (exact) mass is 515 g/mol. The van der Waals surface area contributed by atoms with Gasteiger partial charge in [0, 0.05) is 41.2 Å². The van der Waals surface area contributed by atoms with Gasteiger partial charge in [0.25, 0.3) is 0 Å². The summed E-state index contributed by atoms with van der Waals surface area (Å²) >= 11 is 0. The van der Waals surface area contributed by atoms with Crippen molar-refractivity contribution in [3.8, 4) is 11.5 Å². The zero-order chi connectivity index (χ0) is 26.9. The van der Waals surface area contributed by atoms with Crippen LogP contribution in [-0.4, -0.2) is 51.0 Å². The maximum absolute atomic E-state index is 13.5. The van der Waals surface area contributed by atoms with E-state index in [-0.39, 0.29) is 49.0 Å². The van der Waals surface area contributed by atoms with Crippen LogP contribution in [0.5, 0.6) is 11.5 Å². The highest BCUT2D eigenvalue weighted by Crippen LogP contribution is 2.54. The Labute approximate surface area is 217 Å². The van der Waals surface area contributed by atoms with Gasteiger partial charge in [-0.25, -0.2) is 0 Å². The molecule has 2 aliphatic heterocycles. The molecule has 2 N–H and O–H groups in total. The van der Waals surface area contributed by atoms with Gasteiger partial charge in [-0.2, -0.15) is 0 Å². The highest BCUT2D eigenvalue weighted by molar-refractivity contribution is 6.23. The van der Waals surface area contributed by atoms with Crippen LogP contribution in [0, 0.1) is 23.7 Å². The third-order valence-corrected chi connectivity index (χ3v) is 8.35. The number of aromatic hydroxyl groups is 1. The molecule has 5 aliphatic rings. The van der Waals surface area contributed by atoms with Crippen molar-refractivity contribution in [2.24, 2.45) is 23.7 Å². The molecule has 1 aromatic carbocycles. The summed E-state index contributed by atoms with van der Waals surface area (Å²) in [7, 11) is 0. The molecule has 9 heteroatoms. The first-order valence-corrected chi connectivity index (χ1v) is 12.6. The summed E-state index contributed by atoms with van der Waals surface area (Å²) in [4.78, 5) is 65.4. The average Bonchev–Trinajstić information content (AvgIpc) is 3.13. The number of rotatable bonds is 4. The molecular weight excluding hydrogens is 490 g/mol. The van der Waals surface area contributed by atoms with E-state index >= 15 is 0 Å². The number of hydrogen-bond donors (Lipinski definition) is 2. The van der Waals surface area contributed by atoms with Gasteiger partial charge in [-0.1, -0.05) is 11.6 Å². The second-order valence-corrected chi connectivity index (χ2v) is 10.5. The summed E-state index contributed by atoms with van der Waals surface area (Å²) < 4.78 is 5.87. The molecule has 2 heterocycles. The Morgan fingerprint density at radius 2 is 1.92 bits per heavy atom. The molecule has 0 aromatic heterocycles. The number of aliphatic carboxylic acids is 1. The van der Waals surface area contributed by atoms with E-state index in [1.807, 2.05) is 6.08 Å². The van der Waals surface area contributed by atoms with E-state index in [0.29, 0.717) is 28.9 Å². The molecule has 0 bridgehead atoms. The van der Waals surface area contributed by atoms with E-state index in [9.17, 15) is 29.1 Å². The van der Waals surface area contributed by atoms with Gasteiger partial charge in [0.2, 0.25) is 11.8 Å². The van der Waals surface area contributed by atoms with E-state index in [1.54, 1.807) is 25.3 Å². The fourth-order valence-electron chi connectivity index (χ4n) is 6.66. The molecule has 2 amide bonds. The molecule has 6 rings (SSSR count). The second-order valence-electron chi connectivity index (χ2n) is 10.5. The van der Waals surface area contributed by atoms with Crippen LogP contribution >= 0.6 is 0 Å². The molecule has 1 fully saturated rings. The van der Waals surface area contributed by atoms with Crippen LogP contribution in [0.3, 0.4) is 0 Å². The van der Waals surface area contributed by atoms with Crippen LogP contribution in [0.4, 0.5) is 0 Å². The van der Waals surface area contributed by atoms with Crippen molar-refractivity contribution in [3.05, 3.63) is 70.0 Å². The van der Waals surface area contributed by atoms with Crippen molar-refractivity contribution in [2.75, 3.05) is 6.54 Å². The standard InChI is InChI=1S/C29H25NO8/c1-13-8-21(32)20-11-19-17(3-4-18-25(19)29(37)30(28(18)36)7-6-23(33)34)24(26(20)27(13)35)15-9-14-10-16(31)2-5-22(14)38-12-15/h2-3,5,8,10,12,18-19,24-25,31H,4,6-7,9,11H2,1H3,(H,33,34). The van der Waals surface area contributed by atoms with Gasteiger partial charge < -0.3 is 14.9 Å². The Hall–Kier alpha value is -4.27. The number of benzene rings is 1. The van der Waals surface area contributed by atoms with Crippen LogP contribution in [0.2, 0.25) is 0 Å². The van der Waals surface area contributed by atoms with E-state index < -0.39 is 35.5 Å². The second kappa shape index (κ2) is 8.65. The Balaban J connectivity index is 1.44. The minimum atomic E-state index is -1.10. The maximum Gasteiger partial charge on any atom is 0.305 e. The summed E-state index contributed by atoms with van der Waals surface area (Å²) in [6, 6.07) is 4.78. The number of nitrogens with zero attached hydrogens (tertiary/aromatic N) is 1. The van der Waals surface area contributed by atoms with Gasteiger partial charge >= 0.3 is 5.97 Å². The zero-order valence-corrected chi connectivity index (χ0v) is 20.6. The largest absolute Gasteiger partial charge is 0.508 e. The maximum atomic E-state index is 13.5. The van der Waals surface area contributed by atoms with E-state index in [1.165, 1.54) is 12.1 Å². The first-order valence-electron chi connectivity index (χ1n) is 12.6. The lowest BCUT2D eigenvalue weighted by atomic mass is 9.58. The lowest BCUT2D eigenvalue weighted by molar-refractivity contribution is -0.142. The lowest BCUT2D eigenvalue weighted by Crippen LogP contribution is -2.41. The Bertz CT molecular complexity index is 1470. The number of phenols is 1. The molecule has 0 radical (unpaired) electrons. The minimum Gasteiger partial charge on any atom is -0.508 e. The molecule has 4 atom stereocenters. The van der Waals surface area contributed by atoms with Crippen LogP contribution in [-0.2, 0) is 30.4 Å². The molecule has 9 nitrogen and oxygen atoms in total. The molecule has 0 saturated carbocycles. The summed E-state index contributed by atoms with van der Waals surface area (Å²) in [5.74, 6) is -4.23. The predicted molar refractivity (Wildman–Crippen MR) is 132 cm³/mol. The Kier molecular flexibility index (Phi) is 5.48. The SMILES string of the molecule is CC1=CC(=O)C2=C(C1=O)C(C1=COc3ccc(O)cc3C1)C1=CCC3C(=O)N(CCC(=O)O)C(=O)C3C1C2. The number of imide groups is 1. The Morgan fingerprint density at radius 1 is 1.13 bits per heavy atom. The van der Waals surface area contributed by atoms with Crippen LogP contribution < -0.4 is 4.74 Å². The van der Waals surface area contributed by atoms with Crippen LogP contribution in [0.1, 0.15) is 31.7 Å². The molecular formula is C29H25NO8. The quantitative estimate of drug-likeness (QED) is 0.355. The van der Waals surface area contributed by atoms with E-state index in [4.69, 9.17) is 9.84 Å². The zero-order valence-electron chi connectivity index (χ0n) is 20.6. The number of ketones is 2. The van der Waals surface area contributed by atoms with Crippen molar-refractivity contribution in [3.63, 3.8) is 0 Å². The number of carbonyl (C=O) groups is 5. The molecule has 4 unspecified atom stereocenters. The van der Waals surface area contributed by atoms with Crippen molar-refractivity contribution < 1.29 is 38.9 Å². The summed E-state index contributed by atoms with van der Waals surface area (Å²) in [5, 5.41) is 19.1. The number of carboxylic acid groups (broad SMARTS) is 1. The van der Waals surface area contributed by atoms with Gasteiger partial charge in [0.15, 0.2) is 11.6 Å². The van der Waals surface area contributed by atoms with Crippen molar-refractivity contribution in [1.29, 1.82) is 0 Å². The molecule has 194 valence electrons. The minimum absolute atomic E-state index is 0.0777. The lowest BCUT2D eigenvalue weighted by Gasteiger charge is -2.43. The summed E-state index contributed by atoms with van der Waals surface area (Å²) in [5.41, 5.74) is 3.33. The van der Waals surface area contributed by atoms with E-state index in [2.05, 4.69) is 0 Å². The fraction of sp³-hybridized carbons (Fsp3) is 0.345. The number of Topliss-reactive ketones (excluding diaryl/α,β-unsaturated/α-hetero) is 1. The van der Waals surface area contributed by atoms with Crippen molar-refractivity contribution >= 4 is 29.4 Å². The highest BCUT2D eigenvalue weighted by Gasteiger charge is 2.56. The number of carbonyl (C=O) groups excluding carboxylic acids is 4. The predicted octanol–water partition coefficient (Wildman–Crippen LogP) is 2.65. The molecule has 3 aliphatic carbocycles. The third kappa shape index (κ3) is 3.56. The number of hydrogen-bond acceptors (Lipinski definition) is 7. The average molecular weight is 516 g/mol. The smallest absolute Gasteiger partial charge is 0.305 e. The number of carboxylic acids is 1. The Morgan fingerprint density at radius 3 is 2.68 bits per heavy atom. The number of allylic oxidation sites excluding steroid dienone is 7. The van der Waals surface area contributed by atoms with Gasteiger partial charge in [0.05, 0.1) is 24.5 Å². The number of amides is 2. The first-order chi connectivity index (χ1) is 18.2. The van der Waals surface area contributed by atoms with Crippen LogP contribution in [0.15, 0.2) is 64.5 Å². The van der Waals surface area contributed by atoms with Crippen molar-refractivity contribution in [1.82, 2.24) is 4.90 Å². The van der Waals surface area contributed by atoms with Gasteiger partial charge in [-0.3, -0.25) is 28.9 Å². The van der Waals surface area contributed by atoms with Crippen LogP contribution in [0.25, 0.3) is 0 Å². The molecule has 1 saturated heterocycles. The number of fused-ring (bicyclic) bond motifs is 4. The molecule has 1 aromatic rings. The normalized spacial score (nSPS) is 28.0. The summed E-state index contributed by atoms with van der Waals surface area (Å²) in [6.07, 6.45) is 5.29. The van der Waals surface area contributed by atoms with Crippen molar-refractivity contribution in [2.45, 2.75) is 32.6 Å². The van der Waals surface area contributed by atoms with Gasteiger partial charge in [0.1, 0.15) is 11.5 Å². The number of ether oxygens (including phenoxy) is 1. The van der Waals surface area contributed by atoms with Gasteiger partial charge in [-0.15, -0.1) is 0 Å². The topological polar surface area (TPSA) is 138 Å². The molecule has 38 heavy (non-hydrogen) atoms. The molecule has 0 spiro atoms. The third-order valence-electron chi connectivity index (χ3n) is 8.35. The highest BCUT2D eigenvalue weighted by atomic mass is 16.5. The summed E-state index contributed by atoms with van der Waals surface area (Å²) in [6.45, 7) is 1.41. The van der Waals surface area contributed by atoms with Gasteiger partial charge in [-0.05, 0) is 55.5 Å². The fourth-order valence-corrected chi connectivity index (χ4v) is 6.66. The first kappa shape index (κ1) is 24.1. The van der Waals surface area contributed by atoms with E-state index in [0.717, 1.165) is 21.6 Å².